The number of methoxy groups -OCH3 is 3. The van der Waals surface area contributed by atoms with Crippen LogP contribution in [0.4, 0.5) is 17.1 Å². The molecule has 3 rings (SSSR count). The third-order valence-corrected chi connectivity index (χ3v) is 6.82. The molecule has 0 saturated carbocycles. The molecular weight excluding hydrogens is 586 g/mol. The predicted octanol–water partition coefficient (Wildman–Crippen LogP) is 5.02. The molecule has 206 valence electrons. The first kappa shape index (κ1) is 29.9. The number of hydrogen-bond donors (Lipinski definition) is 3. The molecule has 0 fully saturated rings. The molecule has 0 unspecified atom stereocenters. The minimum Gasteiger partial charge on any atom is -0.497 e. The zero-order valence-electron chi connectivity index (χ0n) is 20.2. The van der Waals surface area contributed by atoms with E-state index in [2.05, 4.69) is 0 Å². The minimum absolute atomic E-state index is 0.0319. The van der Waals surface area contributed by atoms with Crippen molar-refractivity contribution in [3.63, 3.8) is 0 Å². The molecule has 0 bridgehead atoms. The Morgan fingerprint density at radius 2 is 0.842 bits per heavy atom. The van der Waals surface area contributed by atoms with Gasteiger partial charge in [-0.05, 0) is 36.4 Å². The fourth-order valence-electron chi connectivity index (χ4n) is 2.86. The average molecular weight is 610 g/mol. The summed E-state index contributed by atoms with van der Waals surface area (Å²) in [4.78, 5) is 0. The topological polar surface area (TPSA) is 160 Å². The van der Waals surface area contributed by atoms with Gasteiger partial charge in [0.1, 0.15) is 34.3 Å². The fraction of sp³-hybridized carbons (Fsp3) is 0.143. The van der Waals surface area contributed by atoms with Crippen LogP contribution < -0.4 is 47.3 Å². The molecule has 6 N–H and O–H groups in total. The van der Waals surface area contributed by atoms with E-state index in [4.69, 9.17) is 80.4 Å². The number of phosphoric acid groups is 1. The standard InChI is InChI=1S/C21H24Cl3N6O7P/c1-32-13-4-7-16(22)19(10-13)28(25)35-38(31,36-29(26)20-11-14(33-2)5-8-17(20)23)37-30(27)21-12-15(34-3)6-9-18(21)24/h4-12H,25-27H2,1-3H3. The van der Waals surface area contributed by atoms with Crippen LogP contribution >= 0.6 is 42.6 Å². The van der Waals surface area contributed by atoms with Crippen molar-refractivity contribution in [3.8, 4) is 17.2 Å². The summed E-state index contributed by atoms with van der Waals surface area (Å²) in [5.74, 6) is 19.1. The predicted molar refractivity (Wildman–Crippen MR) is 145 cm³/mol. The molecule has 0 aliphatic rings. The Balaban J connectivity index is 1.98. The number of anilines is 3. The second-order valence-electron chi connectivity index (χ2n) is 7.12. The highest BCUT2D eigenvalue weighted by Gasteiger charge is 2.38. The van der Waals surface area contributed by atoms with E-state index in [1.54, 1.807) is 18.2 Å². The largest absolute Gasteiger partial charge is 0.543 e. The lowest BCUT2D eigenvalue weighted by Crippen LogP contribution is -2.38. The Morgan fingerprint density at radius 3 is 1.08 bits per heavy atom. The molecule has 38 heavy (non-hydrogen) atoms. The fourth-order valence-corrected chi connectivity index (χ4v) is 4.47. The maximum Gasteiger partial charge on any atom is 0.543 e. The molecule has 3 aromatic rings. The van der Waals surface area contributed by atoms with Gasteiger partial charge in [-0.1, -0.05) is 34.8 Å². The summed E-state index contributed by atoms with van der Waals surface area (Å²) in [5.41, 5.74) is 0.0956. The monoisotopic (exact) mass is 608 g/mol. The van der Waals surface area contributed by atoms with E-state index in [1.807, 2.05) is 0 Å². The third kappa shape index (κ3) is 7.24. The summed E-state index contributed by atoms with van der Waals surface area (Å²) < 4.78 is 45.5. The highest BCUT2D eigenvalue weighted by atomic mass is 35.5. The molecule has 0 aliphatic carbocycles. The molecule has 17 heteroatoms. The Labute approximate surface area is 233 Å². The van der Waals surface area contributed by atoms with Gasteiger partial charge in [0.15, 0.2) is 0 Å². The van der Waals surface area contributed by atoms with Crippen LogP contribution in [0.3, 0.4) is 0 Å². The lowest BCUT2D eigenvalue weighted by atomic mass is 10.3. The average Bonchev–Trinajstić information content (AvgIpc) is 2.89. The number of hydrogen-bond acceptors (Lipinski definition) is 13. The van der Waals surface area contributed by atoms with E-state index in [0.29, 0.717) is 32.8 Å². The summed E-state index contributed by atoms with van der Waals surface area (Å²) in [6.07, 6.45) is 0. The quantitative estimate of drug-likeness (QED) is 0.143. The highest BCUT2D eigenvalue weighted by Crippen LogP contribution is 2.53. The Morgan fingerprint density at radius 1 is 0.579 bits per heavy atom. The number of halogens is 3. The molecule has 0 aliphatic heterocycles. The second kappa shape index (κ2) is 12.9. The molecule has 0 spiro atoms. The molecule has 3 aromatic carbocycles. The molecule has 0 radical (unpaired) electrons. The van der Waals surface area contributed by atoms with Crippen LogP contribution in [-0.2, 0) is 18.4 Å². The van der Waals surface area contributed by atoms with E-state index < -0.39 is 7.82 Å². The summed E-state index contributed by atoms with van der Waals surface area (Å²) in [6.45, 7) is 0. The number of hydrazine groups is 3. The van der Waals surface area contributed by atoms with Crippen molar-refractivity contribution in [2.45, 2.75) is 0 Å². The first-order chi connectivity index (χ1) is 18.0. The first-order valence-electron chi connectivity index (χ1n) is 10.3. The van der Waals surface area contributed by atoms with Gasteiger partial charge in [-0.2, -0.15) is 15.5 Å². The van der Waals surface area contributed by atoms with Crippen LogP contribution in [0.2, 0.25) is 15.1 Å². The number of nitrogens with zero attached hydrogens (tertiary/aromatic N) is 3. The molecule has 0 heterocycles. The van der Waals surface area contributed by atoms with Gasteiger partial charge >= 0.3 is 7.82 Å². The van der Waals surface area contributed by atoms with Crippen molar-refractivity contribution in [2.24, 2.45) is 17.5 Å². The van der Waals surface area contributed by atoms with Crippen LogP contribution in [0.1, 0.15) is 0 Å². The molecule has 0 aromatic heterocycles. The van der Waals surface area contributed by atoms with Gasteiger partial charge in [0, 0.05) is 18.2 Å². The first-order valence-corrected chi connectivity index (χ1v) is 12.9. The lowest BCUT2D eigenvalue weighted by Gasteiger charge is -2.30. The van der Waals surface area contributed by atoms with Crippen molar-refractivity contribution in [2.75, 3.05) is 36.8 Å². The normalized spacial score (nSPS) is 11.2. The van der Waals surface area contributed by atoms with Crippen molar-refractivity contribution >= 4 is 59.7 Å². The van der Waals surface area contributed by atoms with Crippen LogP contribution in [0.5, 0.6) is 17.2 Å². The Hall–Kier alpha value is -2.68. The second-order valence-corrected chi connectivity index (χ2v) is 9.73. The number of ether oxygens (including phenoxy) is 3. The number of rotatable bonds is 12. The number of nitrogens with two attached hydrogens (primary N) is 3. The zero-order valence-corrected chi connectivity index (χ0v) is 23.4. The van der Waals surface area contributed by atoms with Gasteiger partial charge in [0.05, 0.1) is 36.4 Å². The zero-order chi connectivity index (χ0) is 28.0. The Kier molecular flexibility index (Phi) is 10.2. The smallest absolute Gasteiger partial charge is 0.497 e. The lowest BCUT2D eigenvalue weighted by molar-refractivity contribution is 0.0859. The number of benzene rings is 3. The molecule has 0 atom stereocenters. The SMILES string of the molecule is COc1ccc(Cl)c(N(N)OP(=O)(ON(N)c2cc(OC)ccc2Cl)ON(N)c2cc(OC)ccc2Cl)c1. The summed E-state index contributed by atoms with van der Waals surface area (Å²) in [6, 6.07) is 13.4. The minimum atomic E-state index is -4.91. The van der Waals surface area contributed by atoms with Crippen LogP contribution in [0.15, 0.2) is 54.6 Å². The van der Waals surface area contributed by atoms with Crippen molar-refractivity contribution in [1.82, 2.24) is 0 Å². The van der Waals surface area contributed by atoms with Crippen molar-refractivity contribution < 1.29 is 32.6 Å². The third-order valence-electron chi connectivity index (χ3n) is 4.74. The van der Waals surface area contributed by atoms with E-state index >= 15 is 0 Å². The summed E-state index contributed by atoms with van der Waals surface area (Å²) in [5, 5.41) is 1.94. The van der Waals surface area contributed by atoms with E-state index in [1.165, 1.54) is 57.7 Å². The maximum atomic E-state index is 13.9. The van der Waals surface area contributed by atoms with Crippen molar-refractivity contribution in [1.29, 1.82) is 0 Å². The van der Waals surface area contributed by atoms with Gasteiger partial charge < -0.3 is 14.2 Å². The van der Waals surface area contributed by atoms with E-state index in [9.17, 15) is 4.57 Å². The van der Waals surface area contributed by atoms with E-state index in [-0.39, 0.29) is 32.1 Å². The van der Waals surface area contributed by atoms with Crippen LogP contribution in [0, 0.1) is 0 Å². The molecule has 13 nitrogen and oxygen atoms in total. The van der Waals surface area contributed by atoms with Crippen LogP contribution in [-0.4, -0.2) is 21.3 Å². The van der Waals surface area contributed by atoms with Gasteiger partial charge in [0.25, 0.3) is 0 Å². The highest BCUT2D eigenvalue weighted by molar-refractivity contribution is 7.48. The summed E-state index contributed by atoms with van der Waals surface area (Å²) >= 11 is 18.7. The van der Waals surface area contributed by atoms with Gasteiger partial charge in [0.2, 0.25) is 0 Å². The molecule has 0 saturated heterocycles. The van der Waals surface area contributed by atoms with Gasteiger partial charge in [-0.25, -0.2) is 22.1 Å². The summed E-state index contributed by atoms with van der Waals surface area (Å²) in [7, 11) is -0.618. The van der Waals surface area contributed by atoms with Gasteiger partial charge in [-0.3, -0.25) is 0 Å². The molecule has 0 amide bonds. The Bertz CT molecular complexity index is 1170. The van der Waals surface area contributed by atoms with Crippen LogP contribution in [0.25, 0.3) is 0 Å². The van der Waals surface area contributed by atoms with E-state index in [0.717, 1.165) is 0 Å². The van der Waals surface area contributed by atoms with Gasteiger partial charge in [-0.15, -0.1) is 13.9 Å². The van der Waals surface area contributed by atoms with Crippen molar-refractivity contribution in [3.05, 3.63) is 69.7 Å². The maximum absolute atomic E-state index is 13.9. The molecular formula is C21H24Cl3N6O7P.